The van der Waals surface area contributed by atoms with Crippen LogP contribution in [0.25, 0.3) is 11.0 Å². The molecule has 2 aromatic carbocycles. The summed E-state index contributed by atoms with van der Waals surface area (Å²) < 4.78 is 21.3. The van der Waals surface area contributed by atoms with Crippen LogP contribution in [0, 0.1) is 5.82 Å². The normalized spacial score (nSPS) is 23.8. The number of H-pyrrole nitrogens is 1. The van der Waals surface area contributed by atoms with Crippen LogP contribution in [0.15, 0.2) is 53.3 Å². The predicted molar refractivity (Wildman–Crippen MR) is 111 cm³/mol. The van der Waals surface area contributed by atoms with Crippen LogP contribution < -0.4 is 5.69 Å². The Kier molecular flexibility index (Phi) is 4.97. The number of fused-ring (bicyclic) bond motifs is 1. The van der Waals surface area contributed by atoms with E-state index in [4.69, 9.17) is 4.74 Å². The molecule has 3 aromatic rings. The lowest BCUT2D eigenvalue weighted by Crippen LogP contribution is -2.40. The quantitative estimate of drug-likeness (QED) is 0.726. The summed E-state index contributed by atoms with van der Waals surface area (Å²) in [7, 11) is 0. The van der Waals surface area contributed by atoms with Crippen LogP contribution in [-0.2, 0) is 4.74 Å². The number of aromatic nitrogens is 2. The summed E-state index contributed by atoms with van der Waals surface area (Å²) in [6.07, 6.45) is 4.24. The molecule has 2 aliphatic rings. The molecular formula is C23H26FN3O2. The van der Waals surface area contributed by atoms with Gasteiger partial charge < -0.3 is 14.6 Å². The smallest absolute Gasteiger partial charge is 0.326 e. The van der Waals surface area contributed by atoms with Crippen molar-refractivity contribution in [1.29, 1.82) is 0 Å². The van der Waals surface area contributed by atoms with E-state index in [0.29, 0.717) is 0 Å². The maximum Gasteiger partial charge on any atom is 0.326 e. The van der Waals surface area contributed by atoms with Crippen LogP contribution in [0.4, 0.5) is 4.39 Å². The van der Waals surface area contributed by atoms with E-state index < -0.39 is 0 Å². The molecule has 0 spiro atoms. The number of halogens is 1. The zero-order chi connectivity index (χ0) is 19.8. The number of rotatable bonds is 4. The minimum atomic E-state index is -0.208. The van der Waals surface area contributed by atoms with Crippen molar-refractivity contribution in [3.8, 4) is 0 Å². The summed E-state index contributed by atoms with van der Waals surface area (Å²) in [6.45, 7) is 2.86. The number of hydrogen-bond acceptors (Lipinski definition) is 3. The fraction of sp³-hybridized carbons (Fsp3) is 0.435. The molecule has 5 rings (SSSR count). The molecule has 2 atom stereocenters. The van der Waals surface area contributed by atoms with E-state index in [9.17, 15) is 9.18 Å². The van der Waals surface area contributed by atoms with Crippen molar-refractivity contribution in [3.63, 3.8) is 0 Å². The highest BCUT2D eigenvalue weighted by Gasteiger charge is 2.30. The molecule has 1 N–H and O–H groups in total. The Morgan fingerprint density at radius 2 is 1.76 bits per heavy atom. The van der Waals surface area contributed by atoms with Gasteiger partial charge in [-0.25, -0.2) is 9.18 Å². The van der Waals surface area contributed by atoms with Crippen molar-refractivity contribution in [2.24, 2.45) is 0 Å². The number of hydrogen-bond donors (Lipinski definition) is 1. The maximum atomic E-state index is 13.1. The summed E-state index contributed by atoms with van der Waals surface area (Å²) in [4.78, 5) is 17.9. The largest absolute Gasteiger partial charge is 0.369 e. The number of benzene rings is 2. The van der Waals surface area contributed by atoms with Gasteiger partial charge in [0.05, 0.1) is 23.2 Å². The third-order valence-electron chi connectivity index (χ3n) is 6.36. The van der Waals surface area contributed by atoms with Gasteiger partial charge in [0.2, 0.25) is 0 Å². The molecule has 2 fully saturated rings. The molecule has 1 aromatic heterocycles. The zero-order valence-corrected chi connectivity index (χ0v) is 16.4. The number of imidazole rings is 1. The zero-order valence-electron chi connectivity index (χ0n) is 16.4. The van der Waals surface area contributed by atoms with E-state index in [1.807, 2.05) is 41.0 Å². The van der Waals surface area contributed by atoms with E-state index >= 15 is 0 Å². The van der Waals surface area contributed by atoms with E-state index in [-0.39, 0.29) is 29.8 Å². The first kappa shape index (κ1) is 18.6. The minimum absolute atomic E-state index is 0.00841. The maximum absolute atomic E-state index is 13.1. The Balaban J connectivity index is 1.18. The first-order valence-corrected chi connectivity index (χ1v) is 10.5. The lowest BCUT2D eigenvalue weighted by Gasteiger charge is -2.33. The SMILES string of the molecule is O=c1[nH]c2ccccc2n1C1CCN(CC2CCC(c3ccc(F)cc3)O2)CC1. The Hall–Kier alpha value is -2.44. The van der Waals surface area contributed by atoms with E-state index in [1.165, 1.54) is 12.1 Å². The van der Waals surface area contributed by atoms with Gasteiger partial charge in [0.25, 0.3) is 0 Å². The third kappa shape index (κ3) is 3.74. The Labute approximate surface area is 169 Å². The number of para-hydroxylation sites is 2. The first-order valence-electron chi connectivity index (χ1n) is 10.5. The van der Waals surface area contributed by atoms with Gasteiger partial charge in [0, 0.05) is 25.7 Å². The van der Waals surface area contributed by atoms with E-state index in [2.05, 4.69) is 9.88 Å². The summed E-state index contributed by atoms with van der Waals surface area (Å²) in [5.74, 6) is -0.208. The molecule has 3 heterocycles. The van der Waals surface area contributed by atoms with Gasteiger partial charge in [-0.3, -0.25) is 4.57 Å². The predicted octanol–water partition coefficient (Wildman–Crippen LogP) is 4.03. The third-order valence-corrected chi connectivity index (χ3v) is 6.36. The molecule has 0 aliphatic carbocycles. The van der Waals surface area contributed by atoms with Crippen LogP contribution in [0.1, 0.15) is 43.4 Å². The van der Waals surface area contributed by atoms with Gasteiger partial charge in [0.15, 0.2) is 0 Å². The highest BCUT2D eigenvalue weighted by Crippen LogP contribution is 2.34. The van der Waals surface area contributed by atoms with Gasteiger partial charge in [0.1, 0.15) is 5.82 Å². The monoisotopic (exact) mass is 395 g/mol. The van der Waals surface area contributed by atoms with Crippen molar-refractivity contribution in [2.75, 3.05) is 19.6 Å². The van der Waals surface area contributed by atoms with Crippen LogP contribution in [0.2, 0.25) is 0 Å². The number of piperidine rings is 1. The van der Waals surface area contributed by atoms with E-state index in [0.717, 1.165) is 61.9 Å². The second-order valence-corrected chi connectivity index (χ2v) is 8.22. The van der Waals surface area contributed by atoms with Crippen LogP contribution in [0.5, 0.6) is 0 Å². The van der Waals surface area contributed by atoms with Crippen LogP contribution >= 0.6 is 0 Å². The molecule has 29 heavy (non-hydrogen) atoms. The van der Waals surface area contributed by atoms with Gasteiger partial charge in [-0.1, -0.05) is 24.3 Å². The summed E-state index contributed by atoms with van der Waals surface area (Å²) in [6, 6.07) is 14.8. The first-order chi connectivity index (χ1) is 14.2. The highest BCUT2D eigenvalue weighted by atomic mass is 19.1. The fourth-order valence-corrected chi connectivity index (χ4v) is 4.85. The number of nitrogens with zero attached hydrogens (tertiary/aromatic N) is 2. The lowest BCUT2D eigenvalue weighted by molar-refractivity contribution is 0.0158. The molecule has 0 saturated carbocycles. The number of likely N-dealkylation sites (tertiary alicyclic amines) is 1. The Morgan fingerprint density at radius 1 is 1.00 bits per heavy atom. The van der Waals surface area contributed by atoms with Gasteiger partial charge in [-0.2, -0.15) is 0 Å². The summed E-state index contributed by atoms with van der Waals surface area (Å²) in [5.41, 5.74) is 2.96. The molecule has 0 radical (unpaired) electrons. The second kappa shape index (κ2) is 7.76. The molecule has 2 aliphatic heterocycles. The fourth-order valence-electron chi connectivity index (χ4n) is 4.85. The topological polar surface area (TPSA) is 50.3 Å². The Bertz CT molecular complexity index is 1030. The van der Waals surface area contributed by atoms with Crippen LogP contribution in [0.3, 0.4) is 0 Å². The standard InChI is InChI=1S/C23H26FN3O2/c24-17-7-5-16(6-8-17)22-10-9-19(29-22)15-26-13-11-18(12-14-26)27-21-4-2-1-3-20(21)25-23(27)28/h1-8,18-19,22H,9-15H2,(H,25,28). The highest BCUT2D eigenvalue weighted by molar-refractivity contribution is 5.75. The Morgan fingerprint density at radius 3 is 2.55 bits per heavy atom. The van der Waals surface area contributed by atoms with Crippen molar-refractivity contribution >= 4 is 11.0 Å². The van der Waals surface area contributed by atoms with Crippen molar-refractivity contribution in [2.45, 2.75) is 43.9 Å². The molecule has 0 bridgehead atoms. The van der Waals surface area contributed by atoms with Gasteiger partial charge >= 0.3 is 5.69 Å². The summed E-state index contributed by atoms with van der Waals surface area (Å²) >= 11 is 0. The number of nitrogens with one attached hydrogen (secondary N) is 1. The van der Waals surface area contributed by atoms with Gasteiger partial charge in [-0.15, -0.1) is 0 Å². The average molecular weight is 395 g/mol. The molecule has 152 valence electrons. The average Bonchev–Trinajstić information content (AvgIpc) is 3.33. The summed E-state index contributed by atoms with van der Waals surface area (Å²) in [5, 5.41) is 0. The number of aromatic amines is 1. The second-order valence-electron chi connectivity index (χ2n) is 8.22. The molecule has 6 heteroatoms. The molecule has 5 nitrogen and oxygen atoms in total. The molecule has 2 saturated heterocycles. The minimum Gasteiger partial charge on any atom is -0.369 e. The van der Waals surface area contributed by atoms with Crippen LogP contribution in [-0.4, -0.2) is 40.2 Å². The molecular weight excluding hydrogens is 369 g/mol. The molecule has 0 amide bonds. The number of ether oxygens (including phenoxy) is 1. The van der Waals surface area contributed by atoms with Crippen molar-refractivity contribution in [1.82, 2.24) is 14.5 Å². The van der Waals surface area contributed by atoms with Gasteiger partial charge in [-0.05, 0) is 55.5 Å². The molecule has 2 unspecified atom stereocenters. The van der Waals surface area contributed by atoms with E-state index in [1.54, 1.807) is 0 Å². The lowest BCUT2D eigenvalue weighted by atomic mass is 10.0. The van der Waals surface area contributed by atoms with Crippen molar-refractivity contribution in [3.05, 3.63) is 70.4 Å². The van der Waals surface area contributed by atoms with Crippen molar-refractivity contribution < 1.29 is 9.13 Å².